The van der Waals surface area contributed by atoms with Gasteiger partial charge in [0.25, 0.3) is 0 Å². The van der Waals surface area contributed by atoms with Crippen LogP contribution in [0.15, 0.2) is 80.8 Å². The maximum atomic E-state index is 5.34. The fourth-order valence-electron chi connectivity index (χ4n) is 2.36. The van der Waals surface area contributed by atoms with Gasteiger partial charge in [-0.2, -0.15) is 4.98 Å². The van der Waals surface area contributed by atoms with Crippen LogP contribution in [0.4, 0.5) is 0 Å². The fraction of sp³-hybridized carbons (Fsp3) is 0.0526. The summed E-state index contributed by atoms with van der Waals surface area (Å²) in [5.74, 6) is 1.66. The Bertz CT molecular complexity index is 1010. The SMILES string of the molecule is Brc1ccccc1-c1noc(CSc2ccc(-c3ccccc3)nn2)n1. The van der Waals surface area contributed by atoms with E-state index in [4.69, 9.17) is 4.52 Å². The molecule has 4 aromatic rings. The van der Waals surface area contributed by atoms with Gasteiger partial charge < -0.3 is 4.52 Å². The van der Waals surface area contributed by atoms with Crippen molar-refractivity contribution in [2.45, 2.75) is 10.8 Å². The number of thioether (sulfide) groups is 1. The molecule has 0 amide bonds. The van der Waals surface area contributed by atoms with E-state index in [0.29, 0.717) is 17.5 Å². The maximum absolute atomic E-state index is 5.34. The Balaban J connectivity index is 1.43. The Labute approximate surface area is 163 Å². The highest BCUT2D eigenvalue weighted by atomic mass is 79.9. The van der Waals surface area contributed by atoms with Crippen molar-refractivity contribution in [2.24, 2.45) is 0 Å². The summed E-state index contributed by atoms with van der Waals surface area (Å²) in [7, 11) is 0. The highest BCUT2D eigenvalue weighted by molar-refractivity contribution is 9.10. The van der Waals surface area contributed by atoms with Gasteiger partial charge in [0.1, 0.15) is 5.03 Å². The van der Waals surface area contributed by atoms with E-state index in [0.717, 1.165) is 26.3 Å². The molecule has 0 fully saturated rings. The van der Waals surface area contributed by atoms with Crippen LogP contribution in [0.3, 0.4) is 0 Å². The fourth-order valence-corrected chi connectivity index (χ4v) is 3.47. The number of halogens is 1. The number of benzene rings is 2. The molecule has 0 aliphatic carbocycles. The lowest BCUT2D eigenvalue weighted by molar-refractivity contribution is 0.391. The van der Waals surface area contributed by atoms with Crippen molar-refractivity contribution in [3.05, 3.63) is 77.1 Å². The van der Waals surface area contributed by atoms with E-state index in [1.165, 1.54) is 11.8 Å². The van der Waals surface area contributed by atoms with Crippen molar-refractivity contribution >= 4 is 27.7 Å². The third-order valence-electron chi connectivity index (χ3n) is 3.64. The summed E-state index contributed by atoms with van der Waals surface area (Å²) in [6.45, 7) is 0. The molecule has 0 bridgehead atoms. The number of nitrogens with zero attached hydrogens (tertiary/aromatic N) is 4. The Morgan fingerprint density at radius 1 is 0.885 bits per heavy atom. The van der Waals surface area contributed by atoms with Gasteiger partial charge in [-0.3, -0.25) is 0 Å². The molecule has 7 heteroatoms. The van der Waals surface area contributed by atoms with E-state index in [-0.39, 0.29) is 0 Å². The van der Waals surface area contributed by atoms with Crippen LogP contribution in [-0.2, 0) is 5.75 Å². The van der Waals surface area contributed by atoms with Crippen molar-refractivity contribution in [2.75, 3.05) is 0 Å². The molecule has 0 saturated carbocycles. The van der Waals surface area contributed by atoms with Crippen LogP contribution in [0.5, 0.6) is 0 Å². The minimum Gasteiger partial charge on any atom is -0.338 e. The first-order valence-corrected chi connectivity index (χ1v) is 9.67. The monoisotopic (exact) mass is 424 g/mol. The molecule has 26 heavy (non-hydrogen) atoms. The lowest BCUT2D eigenvalue weighted by Crippen LogP contribution is -1.90. The quantitative estimate of drug-likeness (QED) is 0.407. The van der Waals surface area contributed by atoms with Crippen LogP contribution in [0.1, 0.15) is 5.89 Å². The van der Waals surface area contributed by atoms with Gasteiger partial charge in [-0.15, -0.1) is 10.2 Å². The molecule has 2 aromatic heterocycles. The molecule has 0 unspecified atom stereocenters. The minimum atomic E-state index is 0.539. The first-order valence-electron chi connectivity index (χ1n) is 7.89. The minimum absolute atomic E-state index is 0.539. The zero-order chi connectivity index (χ0) is 17.8. The Morgan fingerprint density at radius 3 is 2.46 bits per heavy atom. The summed E-state index contributed by atoms with van der Waals surface area (Å²) < 4.78 is 6.27. The van der Waals surface area contributed by atoms with E-state index < -0.39 is 0 Å². The van der Waals surface area contributed by atoms with Gasteiger partial charge in [-0.1, -0.05) is 75.3 Å². The molecule has 0 saturated heterocycles. The van der Waals surface area contributed by atoms with E-state index in [9.17, 15) is 0 Å². The Kier molecular flexibility index (Phi) is 5.08. The van der Waals surface area contributed by atoms with E-state index >= 15 is 0 Å². The van der Waals surface area contributed by atoms with E-state index in [1.54, 1.807) is 0 Å². The topological polar surface area (TPSA) is 64.7 Å². The van der Waals surface area contributed by atoms with E-state index in [1.807, 2.05) is 66.7 Å². The average molecular weight is 425 g/mol. The standard InChI is InChI=1S/C19H13BrN4OS/c20-15-9-5-4-8-14(15)19-21-17(25-24-19)12-26-18-11-10-16(22-23-18)13-6-2-1-3-7-13/h1-11H,12H2. The highest BCUT2D eigenvalue weighted by Crippen LogP contribution is 2.27. The molecule has 0 atom stereocenters. The molecule has 128 valence electrons. The summed E-state index contributed by atoms with van der Waals surface area (Å²) in [5.41, 5.74) is 2.80. The van der Waals surface area contributed by atoms with Crippen LogP contribution in [0.2, 0.25) is 0 Å². The van der Waals surface area contributed by atoms with Crippen molar-refractivity contribution in [1.82, 2.24) is 20.3 Å². The molecule has 0 spiro atoms. The first-order chi connectivity index (χ1) is 12.8. The molecule has 0 aliphatic heterocycles. The molecular formula is C19H13BrN4OS. The molecule has 2 heterocycles. The van der Waals surface area contributed by atoms with Gasteiger partial charge in [-0.05, 0) is 24.3 Å². The van der Waals surface area contributed by atoms with Gasteiger partial charge in [0, 0.05) is 15.6 Å². The highest BCUT2D eigenvalue weighted by Gasteiger charge is 2.12. The Hall–Kier alpha value is -2.51. The normalized spacial score (nSPS) is 10.8. The van der Waals surface area contributed by atoms with Crippen LogP contribution in [-0.4, -0.2) is 20.3 Å². The summed E-state index contributed by atoms with van der Waals surface area (Å²) >= 11 is 5.01. The van der Waals surface area contributed by atoms with E-state index in [2.05, 4.69) is 36.3 Å². The molecule has 2 aromatic carbocycles. The van der Waals surface area contributed by atoms with Gasteiger partial charge in [0.2, 0.25) is 11.7 Å². The first kappa shape index (κ1) is 16.9. The Morgan fingerprint density at radius 2 is 1.69 bits per heavy atom. The van der Waals surface area contributed by atoms with Gasteiger partial charge >= 0.3 is 0 Å². The third-order valence-corrected chi connectivity index (χ3v) is 5.23. The lowest BCUT2D eigenvalue weighted by Gasteiger charge is -2.01. The lowest BCUT2D eigenvalue weighted by atomic mass is 10.1. The molecule has 0 radical (unpaired) electrons. The third kappa shape index (κ3) is 3.84. The largest absolute Gasteiger partial charge is 0.338 e. The summed E-state index contributed by atoms with van der Waals surface area (Å²) in [4.78, 5) is 4.44. The van der Waals surface area contributed by atoms with Crippen LogP contribution in [0.25, 0.3) is 22.6 Å². The molecule has 4 rings (SSSR count). The number of hydrogen-bond acceptors (Lipinski definition) is 6. The van der Waals surface area contributed by atoms with Crippen molar-refractivity contribution in [3.8, 4) is 22.6 Å². The van der Waals surface area contributed by atoms with Crippen LogP contribution in [0, 0.1) is 0 Å². The molecule has 5 nitrogen and oxygen atoms in total. The second-order valence-corrected chi connectivity index (χ2v) is 7.25. The van der Waals surface area contributed by atoms with Gasteiger partial charge in [0.15, 0.2) is 0 Å². The zero-order valence-electron chi connectivity index (χ0n) is 13.5. The van der Waals surface area contributed by atoms with Crippen molar-refractivity contribution < 1.29 is 4.52 Å². The number of rotatable bonds is 5. The molecular weight excluding hydrogens is 412 g/mol. The summed E-state index contributed by atoms with van der Waals surface area (Å²) in [6, 6.07) is 21.7. The predicted octanol–water partition coefficient (Wildman–Crippen LogP) is 5.25. The second kappa shape index (κ2) is 7.80. The van der Waals surface area contributed by atoms with Crippen molar-refractivity contribution in [3.63, 3.8) is 0 Å². The number of aromatic nitrogens is 4. The average Bonchev–Trinajstić information content (AvgIpc) is 3.17. The van der Waals surface area contributed by atoms with Gasteiger partial charge in [-0.25, -0.2) is 0 Å². The smallest absolute Gasteiger partial charge is 0.237 e. The van der Waals surface area contributed by atoms with Crippen molar-refractivity contribution in [1.29, 1.82) is 0 Å². The second-order valence-electron chi connectivity index (χ2n) is 5.40. The van der Waals surface area contributed by atoms with Crippen LogP contribution >= 0.6 is 27.7 Å². The van der Waals surface area contributed by atoms with Gasteiger partial charge in [0.05, 0.1) is 11.4 Å². The predicted molar refractivity (Wildman–Crippen MR) is 104 cm³/mol. The maximum Gasteiger partial charge on any atom is 0.237 e. The molecule has 0 N–H and O–H groups in total. The number of hydrogen-bond donors (Lipinski definition) is 0. The zero-order valence-corrected chi connectivity index (χ0v) is 15.9. The molecule has 0 aliphatic rings. The summed E-state index contributed by atoms with van der Waals surface area (Å²) in [6.07, 6.45) is 0. The van der Waals surface area contributed by atoms with Crippen LogP contribution < -0.4 is 0 Å². The summed E-state index contributed by atoms with van der Waals surface area (Å²) in [5, 5.41) is 13.4.